The second-order valence-electron chi connectivity index (χ2n) is 8.37. The van der Waals surface area contributed by atoms with E-state index in [0.29, 0.717) is 24.0 Å². The smallest absolute Gasteiger partial charge is 0.190 e. The minimum atomic E-state index is 0.454. The third-order valence-electron chi connectivity index (χ3n) is 6.22. The number of nitrogens with two attached hydrogens (primary N) is 2. The molecular formula is C24H26N8. The summed E-state index contributed by atoms with van der Waals surface area (Å²) in [5.74, 6) is 12.8. The zero-order chi connectivity index (χ0) is 22.2. The van der Waals surface area contributed by atoms with Gasteiger partial charge in [0.15, 0.2) is 5.84 Å². The second kappa shape index (κ2) is 8.04. The van der Waals surface area contributed by atoms with E-state index in [-0.39, 0.29) is 0 Å². The van der Waals surface area contributed by atoms with Gasteiger partial charge in [-0.1, -0.05) is 12.1 Å². The van der Waals surface area contributed by atoms with Crippen LogP contribution >= 0.6 is 0 Å². The molecule has 1 unspecified atom stereocenters. The van der Waals surface area contributed by atoms with E-state index in [1.54, 1.807) is 5.01 Å². The molecule has 0 radical (unpaired) electrons. The van der Waals surface area contributed by atoms with Crippen LogP contribution in [-0.4, -0.2) is 36.1 Å². The molecule has 0 spiro atoms. The molecule has 0 amide bonds. The van der Waals surface area contributed by atoms with Gasteiger partial charge in [0.1, 0.15) is 0 Å². The van der Waals surface area contributed by atoms with Crippen molar-refractivity contribution in [2.24, 2.45) is 16.8 Å². The van der Waals surface area contributed by atoms with Gasteiger partial charge < -0.3 is 20.6 Å². The highest BCUT2D eigenvalue weighted by molar-refractivity contribution is 6.09. The first-order chi connectivity index (χ1) is 15.6. The van der Waals surface area contributed by atoms with Crippen LogP contribution in [0.1, 0.15) is 23.7 Å². The molecule has 1 atom stereocenters. The quantitative estimate of drug-likeness (QED) is 0.428. The minimum Gasteiger partial charge on any atom is -0.369 e. The standard InChI is InChI=1S/C24H26N8/c1-16-13-30(9-8-28-16)21-6-7-22-20(10-21)15-31-14-19(11-23(31)24(29-26)32(22)27)18-4-2-17(12-25)3-5-18/h2-7,10-11,14,16,28H,8-9,13,15,26-27H2,1H3/b29-24-. The first-order valence-electron chi connectivity index (χ1n) is 10.7. The number of hydrazone groups is 1. The van der Waals surface area contributed by atoms with E-state index in [9.17, 15) is 0 Å². The van der Waals surface area contributed by atoms with Gasteiger partial charge in [0.05, 0.1) is 23.0 Å². The van der Waals surface area contributed by atoms with E-state index < -0.39 is 0 Å². The number of nitrogens with zero attached hydrogens (tertiary/aromatic N) is 5. The van der Waals surface area contributed by atoms with E-state index in [1.807, 2.05) is 30.3 Å². The summed E-state index contributed by atoms with van der Waals surface area (Å²) in [5, 5.41) is 18.2. The lowest BCUT2D eigenvalue weighted by atomic mass is 10.1. The summed E-state index contributed by atoms with van der Waals surface area (Å²) in [5.41, 5.74) is 6.73. The van der Waals surface area contributed by atoms with Crippen LogP contribution in [-0.2, 0) is 6.54 Å². The van der Waals surface area contributed by atoms with Crippen molar-refractivity contribution in [1.82, 2.24) is 9.88 Å². The molecule has 3 heterocycles. The SMILES string of the molecule is CC1CN(c2ccc3c(c2)Cn2cc(-c4ccc(C#N)cc4)cc2/C(=N/N)N3N)CCN1. The molecule has 0 aliphatic carbocycles. The molecule has 2 aliphatic heterocycles. The number of hydrazine groups is 1. The van der Waals surface area contributed by atoms with Crippen molar-refractivity contribution in [3.8, 4) is 17.2 Å². The number of aromatic nitrogens is 1. The highest BCUT2D eigenvalue weighted by Crippen LogP contribution is 2.33. The van der Waals surface area contributed by atoms with Crippen LogP contribution in [0.2, 0.25) is 0 Å². The van der Waals surface area contributed by atoms with E-state index in [1.165, 1.54) is 5.69 Å². The number of nitrogens with one attached hydrogen (secondary N) is 1. The lowest BCUT2D eigenvalue weighted by Gasteiger charge is -2.34. The number of nitriles is 1. The average Bonchev–Trinajstić information content (AvgIpc) is 3.18. The predicted molar refractivity (Wildman–Crippen MR) is 127 cm³/mol. The molecule has 5 N–H and O–H groups in total. The van der Waals surface area contributed by atoms with Crippen LogP contribution in [0.4, 0.5) is 11.4 Å². The van der Waals surface area contributed by atoms with Crippen molar-refractivity contribution in [3.63, 3.8) is 0 Å². The van der Waals surface area contributed by atoms with Crippen LogP contribution in [0, 0.1) is 11.3 Å². The molecule has 8 heteroatoms. The number of benzene rings is 2. The van der Waals surface area contributed by atoms with Crippen LogP contribution < -0.4 is 26.9 Å². The van der Waals surface area contributed by atoms with Gasteiger partial charge in [-0.2, -0.15) is 10.4 Å². The van der Waals surface area contributed by atoms with Gasteiger partial charge in [-0.25, -0.2) is 5.84 Å². The van der Waals surface area contributed by atoms with Gasteiger partial charge in [0.25, 0.3) is 0 Å². The first kappa shape index (κ1) is 20.1. The normalized spacial score (nSPS) is 19.3. The summed E-state index contributed by atoms with van der Waals surface area (Å²) < 4.78 is 2.13. The summed E-state index contributed by atoms with van der Waals surface area (Å²) in [6.45, 7) is 5.78. The molecule has 162 valence electrons. The molecule has 1 saturated heterocycles. The molecule has 3 aromatic rings. The Morgan fingerprint density at radius 3 is 2.66 bits per heavy atom. The number of rotatable bonds is 2. The largest absolute Gasteiger partial charge is 0.369 e. The Morgan fingerprint density at radius 2 is 1.94 bits per heavy atom. The van der Waals surface area contributed by atoms with Gasteiger partial charge in [0.2, 0.25) is 0 Å². The maximum absolute atomic E-state index is 9.07. The maximum Gasteiger partial charge on any atom is 0.190 e. The average molecular weight is 427 g/mol. The van der Waals surface area contributed by atoms with E-state index in [2.05, 4.69) is 57.3 Å². The molecule has 5 rings (SSSR count). The first-order valence-corrected chi connectivity index (χ1v) is 10.7. The third-order valence-corrected chi connectivity index (χ3v) is 6.22. The van der Waals surface area contributed by atoms with Crippen LogP contribution in [0.5, 0.6) is 0 Å². The fourth-order valence-electron chi connectivity index (χ4n) is 4.57. The Morgan fingerprint density at radius 1 is 1.12 bits per heavy atom. The Bertz CT molecular complexity index is 1220. The number of anilines is 2. The van der Waals surface area contributed by atoms with Crippen molar-refractivity contribution in [3.05, 3.63) is 71.5 Å². The molecule has 32 heavy (non-hydrogen) atoms. The van der Waals surface area contributed by atoms with E-state index in [0.717, 1.165) is 47.7 Å². The van der Waals surface area contributed by atoms with E-state index >= 15 is 0 Å². The highest BCUT2D eigenvalue weighted by Gasteiger charge is 2.26. The summed E-state index contributed by atoms with van der Waals surface area (Å²) in [4.78, 5) is 2.41. The van der Waals surface area contributed by atoms with Crippen molar-refractivity contribution < 1.29 is 0 Å². The zero-order valence-electron chi connectivity index (χ0n) is 18.0. The summed E-state index contributed by atoms with van der Waals surface area (Å²) in [6.07, 6.45) is 2.09. The molecule has 2 aromatic carbocycles. The lowest BCUT2D eigenvalue weighted by Crippen LogP contribution is -2.49. The van der Waals surface area contributed by atoms with Gasteiger partial charge >= 0.3 is 0 Å². The van der Waals surface area contributed by atoms with E-state index in [4.69, 9.17) is 16.9 Å². The molecule has 1 fully saturated rings. The van der Waals surface area contributed by atoms with Crippen LogP contribution in [0.15, 0.2) is 59.8 Å². The van der Waals surface area contributed by atoms with Gasteiger partial charge in [-0.15, -0.1) is 0 Å². The number of hydrogen-bond acceptors (Lipinski definition) is 6. The number of hydrogen-bond donors (Lipinski definition) is 3. The molecule has 0 bridgehead atoms. The Labute approximate surface area is 187 Å². The zero-order valence-corrected chi connectivity index (χ0v) is 18.0. The van der Waals surface area contributed by atoms with Gasteiger partial charge in [-0.05, 0) is 54.4 Å². The Balaban J connectivity index is 1.55. The fourth-order valence-corrected chi connectivity index (χ4v) is 4.57. The van der Waals surface area contributed by atoms with Gasteiger partial charge in [-0.3, -0.25) is 5.01 Å². The maximum atomic E-state index is 9.07. The van der Waals surface area contributed by atoms with Crippen molar-refractivity contribution in [2.45, 2.75) is 19.5 Å². The van der Waals surface area contributed by atoms with Crippen LogP contribution in [0.25, 0.3) is 11.1 Å². The second-order valence-corrected chi connectivity index (χ2v) is 8.37. The number of amidine groups is 1. The molecule has 8 nitrogen and oxygen atoms in total. The predicted octanol–water partition coefficient (Wildman–Crippen LogP) is 2.19. The van der Waals surface area contributed by atoms with Crippen molar-refractivity contribution in [1.29, 1.82) is 5.26 Å². The Kier molecular flexibility index (Phi) is 5.05. The topological polar surface area (TPSA) is 112 Å². The Hall–Kier alpha value is -3.80. The third kappa shape index (κ3) is 3.47. The monoisotopic (exact) mass is 426 g/mol. The fraction of sp³-hybridized carbons (Fsp3) is 0.250. The molecular weight excluding hydrogens is 400 g/mol. The summed E-state index contributed by atoms with van der Waals surface area (Å²) in [6, 6.07) is 18.6. The summed E-state index contributed by atoms with van der Waals surface area (Å²) in [7, 11) is 0. The molecule has 2 aliphatic rings. The minimum absolute atomic E-state index is 0.454. The molecule has 1 aromatic heterocycles. The summed E-state index contributed by atoms with van der Waals surface area (Å²) >= 11 is 0. The lowest BCUT2D eigenvalue weighted by molar-refractivity contribution is 0.485. The number of piperazine rings is 1. The van der Waals surface area contributed by atoms with Crippen molar-refractivity contribution >= 4 is 17.2 Å². The highest BCUT2D eigenvalue weighted by atomic mass is 15.5. The molecule has 0 saturated carbocycles. The van der Waals surface area contributed by atoms with Gasteiger partial charge in [0, 0.05) is 49.7 Å². The van der Waals surface area contributed by atoms with Crippen molar-refractivity contribution in [2.75, 3.05) is 29.5 Å². The van der Waals surface area contributed by atoms with Crippen LogP contribution in [0.3, 0.4) is 0 Å². The number of fused-ring (bicyclic) bond motifs is 2.